The van der Waals surface area contributed by atoms with Crippen molar-refractivity contribution in [1.82, 2.24) is 0 Å². The van der Waals surface area contributed by atoms with Gasteiger partial charge in [0.25, 0.3) is 0 Å². The van der Waals surface area contributed by atoms with Crippen LogP contribution < -0.4 is 0 Å². The molecular formula is C104H206. The molecule has 7 fully saturated rings. The van der Waals surface area contributed by atoms with Crippen LogP contribution >= 0.6 is 0 Å². The van der Waals surface area contributed by atoms with E-state index in [4.69, 9.17) is 0 Å². The SMILES string of the molecule is CC.CC.CC.CC.CC.CC.CC.CC.CC.CC.CC.CC1=CCC(C)CC1.CC1C=CC(C)CC1.CC1CCC(C)CC1.CC1CCC(C2CCC(C)CC2)CC1.CC1CCC(CC2CCC(C)CC2)CC1.Cc1ccc(C2CCC(C)CC2)cc1.Cc1ccc(CC2CCC(C)CC2)cc1. The van der Waals surface area contributed by atoms with Gasteiger partial charge >= 0.3 is 0 Å². The largest absolute Gasteiger partial charge is 0.0854 e. The summed E-state index contributed by atoms with van der Waals surface area (Å²) in [5, 5.41) is 0. The quantitative estimate of drug-likeness (QED) is 0.253. The maximum atomic E-state index is 2.43. The Morgan fingerprint density at radius 3 is 0.760 bits per heavy atom. The van der Waals surface area contributed by atoms with Gasteiger partial charge in [-0.1, -0.05) is 440 Å². The molecule has 3 atom stereocenters. The molecule has 2 aromatic rings. The average molecular weight is 1460 g/mol. The molecule has 7 saturated carbocycles. The Balaban J connectivity index is -0.000000204. The summed E-state index contributed by atoms with van der Waals surface area (Å²) in [6.07, 6.45) is 58.4. The lowest BCUT2D eigenvalue weighted by Crippen LogP contribution is -2.24. The van der Waals surface area contributed by atoms with E-state index in [0.29, 0.717) is 0 Å². The minimum absolute atomic E-state index is 0.839. The Bertz CT molecular complexity index is 1840. The van der Waals surface area contributed by atoms with E-state index in [0.717, 1.165) is 101 Å². The van der Waals surface area contributed by atoms with Crippen LogP contribution in [-0.4, -0.2) is 0 Å². The second-order valence-electron chi connectivity index (χ2n) is 31.9. The van der Waals surface area contributed by atoms with Gasteiger partial charge in [0, 0.05) is 0 Å². The lowest BCUT2D eigenvalue weighted by Gasteiger charge is -2.36. The number of hydrogen-bond donors (Lipinski definition) is 0. The molecule has 0 heterocycles. The summed E-state index contributed by atoms with van der Waals surface area (Å²) in [7, 11) is 0. The molecule has 0 amide bonds. The van der Waals surface area contributed by atoms with Crippen LogP contribution in [0.4, 0.5) is 0 Å². The number of benzene rings is 2. The third-order valence-electron chi connectivity index (χ3n) is 23.1. The summed E-state index contributed by atoms with van der Waals surface area (Å²) in [5.74, 6) is 16.9. The first-order chi connectivity index (χ1) is 50.3. The van der Waals surface area contributed by atoms with Crippen molar-refractivity contribution in [3.63, 3.8) is 0 Å². The van der Waals surface area contributed by atoms with Gasteiger partial charge in [0.05, 0.1) is 0 Å². The van der Waals surface area contributed by atoms with Crippen LogP contribution in [0, 0.1) is 109 Å². The standard InChI is InChI=1S/C15H28.C15H22.C14H26.C14H20.C8H16.2C8H14.11C2H6/c2*1-12-3-7-14(8-4-12)11-15-9-5-13(2)6-10-15;2*1-11-3-7-13(8-4-11)14-9-5-12(2)6-10-14;3*1-7-3-5-8(2)6-4-7;11*1-2/h12-15H,3-11H2,1-2H3;3-4,7-8,13,15H,5-6,9-11H2,1-2H3;11-14H,3-10H2,1-2H3;3-4,7-8,12,14H,5-6,9-10H2,1-2H3;7-8H,3-6H2,1-2H3;3,8H,4-6H2,1-2H3;3,5,7-8H,4,6H2,1-2H3;11*1-2H3. The maximum Gasteiger partial charge on any atom is -0.0162 e. The van der Waals surface area contributed by atoms with Crippen molar-refractivity contribution in [2.45, 2.75) is 480 Å². The first-order valence-electron chi connectivity index (χ1n) is 47.8. The van der Waals surface area contributed by atoms with Crippen LogP contribution in [0.15, 0.2) is 72.3 Å². The predicted octanol–water partition coefficient (Wildman–Crippen LogP) is 37.8. The highest BCUT2D eigenvalue weighted by Crippen LogP contribution is 2.42. The first-order valence-corrected chi connectivity index (χ1v) is 47.8. The van der Waals surface area contributed by atoms with E-state index < -0.39 is 0 Å². The van der Waals surface area contributed by atoms with Gasteiger partial charge in [0.15, 0.2) is 0 Å². The molecule has 104 heavy (non-hydrogen) atoms. The van der Waals surface area contributed by atoms with Gasteiger partial charge in [-0.2, -0.15) is 0 Å². The van der Waals surface area contributed by atoms with Crippen molar-refractivity contribution in [2.75, 3.05) is 0 Å². The van der Waals surface area contributed by atoms with Gasteiger partial charge in [0.2, 0.25) is 0 Å². The van der Waals surface area contributed by atoms with Crippen molar-refractivity contribution in [1.29, 1.82) is 0 Å². The fourth-order valence-corrected chi connectivity index (χ4v) is 15.8. The van der Waals surface area contributed by atoms with Crippen molar-refractivity contribution in [2.24, 2.45) is 94.7 Å². The molecule has 0 aliphatic heterocycles. The van der Waals surface area contributed by atoms with Crippen molar-refractivity contribution in [3.05, 3.63) is 94.6 Å². The number of hydrogen-bond acceptors (Lipinski definition) is 0. The van der Waals surface area contributed by atoms with Crippen molar-refractivity contribution < 1.29 is 0 Å². The minimum Gasteiger partial charge on any atom is -0.0854 e. The van der Waals surface area contributed by atoms with Crippen LogP contribution in [0.2, 0.25) is 0 Å². The molecule has 0 aromatic heterocycles. The van der Waals surface area contributed by atoms with Crippen molar-refractivity contribution in [3.8, 4) is 0 Å². The lowest BCUT2D eigenvalue weighted by molar-refractivity contribution is 0.155. The molecule has 9 aliphatic carbocycles. The summed E-state index contributed by atoms with van der Waals surface area (Å²) in [5.41, 5.74) is 7.42. The summed E-state index contributed by atoms with van der Waals surface area (Å²) in [6.45, 7) is 76.7. The highest BCUT2D eigenvalue weighted by Gasteiger charge is 2.29. The van der Waals surface area contributed by atoms with E-state index in [2.05, 4.69) is 164 Å². The van der Waals surface area contributed by atoms with Gasteiger partial charge < -0.3 is 0 Å². The molecule has 0 heteroatoms. The number of allylic oxidation sites excluding steroid dienone is 4. The molecule has 11 rings (SSSR count). The smallest absolute Gasteiger partial charge is 0.0162 e. The van der Waals surface area contributed by atoms with E-state index >= 15 is 0 Å². The second-order valence-corrected chi connectivity index (χ2v) is 31.9. The van der Waals surface area contributed by atoms with Crippen LogP contribution in [0.5, 0.6) is 0 Å². The normalized spacial score (nSPS) is 28.7. The van der Waals surface area contributed by atoms with E-state index in [1.54, 1.807) is 43.2 Å². The summed E-state index contributed by atoms with van der Waals surface area (Å²) >= 11 is 0. The third kappa shape index (κ3) is 63.7. The maximum absolute atomic E-state index is 2.43. The molecule has 3 unspecified atom stereocenters. The zero-order valence-corrected chi connectivity index (χ0v) is 79.4. The second kappa shape index (κ2) is 83.4. The van der Waals surface area contributed by atoms with Gasteiger partial charge in [-0.25, -0.2) is 0 Å². The molecule has 0 nitrogen and oxygen atoms in total. The predicted molar refractivity (Wildman–Crippen MR) is 492 cm³/mol. The van der Waals surface area contributed by atoms with Crippen molar-refractivity contribution >= 4 is 0 Å². The molecule has 2 aromatic carbocycles. The lowest BCUT2D eigenvalue weighted by atomic mass is 9.70. The third-order valence-corrected chi connectivity index (χ3v) is 23.1. The van der Waals surface area contributed by atoms with Crippen LogP contribution in [-0.2, 0) is 6.42 Å². The number of aryl methyl sites for hydroxylation is 2. The number of rotatable bonds is 6. The van der Waals surface area contributed by atoms with Crippen LogP contribution in [0.25, 0.3) is 0 Å². The van der Waals surface area contributed by atoms with Gasteiger partial charge in [-0.15, -0.1) is 0 Å². The van der Waals surface area contributed by atoms with E-state index in [9.17, 15) is 0 Å². The zero-order chi connectivity index (χ0) is 81.2. The molecule has 0 radical (unpaired) electrons. The topological polar surface area (TPSA) is 0 Å². The first kappa shape index (κ1) is 115. The Labute approximate surface area is 665 Å². The molecular weight excluding hydrogens is 1250 g/mol. The van der Waals surface area contributed by atoms with Crippen LogP contribution in [0.3, 0.4) is 0 Å². The molecule has 0 spiro atoms. The monoisotopic (exact) mass is 1460 g/mol. The Kier molecular flexibility index (Phi) is 92.4. The Hall–Kier alpha value is -2.08. The van der Waals surface area contributed by atoms with E-state index in [1.165, 1.54) is 209 Å². The molecule has 0 N–H and O–H groups in total. The molecule has 0 bridgehead atoms. The van der Waals surface area contributed by atoms with Gasteiger partial charge in [0.1, 0.15) is 0 Å². The zero-order valence-electron chi connectivity index (χ0n) is 79.4. The van der Waals surface area contributed by atoms with E-state index in [1.807, 2.05) is 152 Å². The highest BCUT2D eigenvalue weighted by molar-refractivity contribution is 5.25. The molecule has 9 aliphatic rings. The van der Waals surface area contributed by atoms with Gasteiger partial charge in [-0.3, -0.25) is 0 Å². The summed E-state index contributed by atoms with van der Waals surface area (Å²) in [6, 6.07) is 18.2. The fraction of sp³-hybridized carbons (Fsp3) is 0.846. The highest BCUT2D eigenvalue weighted by atomic mass is 14.3. The minimum atomic E-state index is 0.839. The Morgan fingerprint density at radius 2 is 0.500 bits per heavy atom. The summed E-state index contributed by atoms with van der Waals surface area (Å²) in [4.78, 5) is 0. The average Bonchev–Trinajstić information content (AvgIpc) is 0.887. The fourth-order valence-electron chi connectivity index (χ4n) is 15.8. The summed E-state index contributed by atoms with van der Waals surface area (Å²) < 4.78 is 0. The molecule has 0 saturated heterocycles. The Morgan fingerprint density at radius 1 is 0.250 bits per heavy atom. The van der Waals surface area contributed by atoms with E-state index in [-0.39, 0.29) is 0 Å². The van der Waals surface area contributed by atoms with Crippen LogP contribution in [0.1, 0.15) is 482 Å². The molecule has 622 valence electrons. The van der Waals surface area contributed by atoms with Gasteiger partial charge in [-0.05, 0) is 229 Å².